The van der Waals surface area contributed by atoms with Gasteiger partial charge in [0.2, 0.25) is 6.29 Å². The molecule has 5 unspecified atom stereocenters. The Labute approximate surface area is 202 Å². The van der Waals surface area contributed by atoms with Crippen molar-refractivity contribution in [3.8, 4) is 5.75 Å². The molecule has 4 N–H and O–H groups in total. The predicted molar refractivity (Wildman–Crippen MR) is 127 cm³/mol. The van der Waals surface area contributed by atoms with Crippen LogP contribution < -0.4 is 4.74 Å². The largest absolute Gasteiger partial charge is 0.466 e. The minimum atomic E-state index is -1.49. The van der Waals surface area contributed by atoms with Gasteiger partial charge >= 0.3 is 5.97 Å². The number of rotatable bonds is 14. The number of aliphatic hydroxyl groups is 4. The summed E-state index contributed by atoms with van der Waals surface area (Å²) in [4.78, 5) is 12.0. The molecule has 0 bridgehead atoms. The summed E-state index contributed by atoms with van der Waals surface area (Å²) in [6.45, 7) is 6.26. The maximum absolute atomic E-state index is 12.0. The van der Waals surface area contributed by atoms with Gasteiger partial charge in [-0.25, -0.2) is 0 Å². The van der Waals surface area contributed by atoms with E-state index in [1.807, 2.05) is 19.1 Å². The van der Waals surface area contributed by atoms with Crippen LogP contribution in [0.3, 0.4) is 0 Å². The third-order valence-corrected chi connectivity index (χ3v) is 6.14. The van der Waals surface area contributed by atoms with Crippen LogP contribution in [0, 0.1) is 12.8 Å². The van der Waals surface area contributed by atoms with Crippen LogP contribution in [-0.4, -0.2) is 70.3 Å². The van der Waals surface area contributed by atoms with Crippen LogP contribution in [0.2, 0.25) is 0 Å². The highest BCUT2D eigenvalue weighted by atomic mass is 16.7. The molecule has 0 amide bonds. The second-order valence-electron chi connectivity index (χ2n) is 9.59. The molecule has 194 valence electrons. The Morgan fingerprint density at radius 3 is 2.41 bits per heavy atom. The van der Waals surface area contributed by atoms with Crippen molar-refractivity contribution >= 4 is 5.97 Å². The zero-order valence-electron chi connectivity index (χ0n) is 20.7. The maximum Gasteiger partial charge on any atom is 0.306 e. The predicted octanol–water partition coefficient (Wildman–Crippen LogP) is 2.65. The van der Waals surface area contributed by atoms with E-state index in [0.717, 1.165) is 29.9 Å². The fourth-order valence-corrected chi connectivity index (χ4v) is 3.98. The Kier molecular flexibility index (Phi) is 12.3. The fourth-order valence-electron chi connectivity index (χ4n) is 3.98. The molecular weight excluding hydrogens is 440 g/mol. The summed E-state index contributed by atoms with van der Waals surface area (Å²) < 4.78 is 16.4. The van der Waals surface area contributed by atoms with E-state index in [9.17, 15) is 25.2 Å². The number of carbonyl (C=O) groups is 1. The molecule has 1 aromatic rings. The van der Waals surface area contributed by atoms with Gasteiger partial charge in [0, 0.05) is 6.42 Å². The number of benzene rings is 1. The molecule has 0 saturated carbocycles. The van der Waals surface area contributed by atoms with Crippen molar-refractivity contribution in [1.82, 2.24) is 0 Å². The fraction of sp³-hybridized carbons (Fsp3) is 0.731. The van der Waals surface area contributed by atoms with Gasteiger partial charge in [-0.1, -0.05) is 58.1 Å². The van der Waals surface area contributed by atoms with Crippen LogP contribution in [-0.2, 0) is 20.7 Å². The number of esters is 1. The molecule has 0 radical (unpaired) electrons. The summed E-state index contributed by atoms with van der Waals surface area (Å²) in [5, 5.41) is 39.2. The molecule has 1 saturated heterocycles. The lowest BCUT2D eigenvalue weighted by atomic mass is 9.99. The van der Waals surface area contributed by atoms with Gasteiger partial charge in [0.25, 0.3) is 0 Å². The van der Waals surface area contributed by atoms with Gasteiger partial charge in [-0.15, -0.1) is 0 Å². The van der Waals surface area contributed by atoms with E-state index in [1.54, 1.807) is 6.07 Å². The summed E-state index contributed by atoms with van der Waals surface area (Å²) in [6, 6.07) is 5.40. The molecule has 0 spiro atoms. The lowest BCUT2D eigenvalue weighted by Gasteiger charge is -2.39. The molecule has 1 fully saturated rings. The van der Waals surface area contributed by atoms with E-state index in [4.69, 9.17) is 14.2 Å². The Hall–Kier alpha value is -1.71. The monoisotopic (exact) mass is 482 g/mol. The van der Waals surface area contributed by atoms with Crippen molar-refractivity contribution in [3.63, 3.8) is 0 Å². The van der Waals surface area contributed by atoms with Crippen molar-refractivity contribution < 1.29 is 39.4 Å². The molecule has 1 aliphatic rings. The van der Waals surface area contributed by atoms with Crippen LogP contribution in [0.15, 0.2) is 18.2 Å². The Morgan fingerprint density at radius 2 is 1.74 bits per heavy atom. The first-order valence-corrected chi connectivity index (χ1v) is 12.4. The van der Waals surface area contributed by atoms with E-state index in [0.29, 0.717) is 25.2 Å². The average molecular weight is 483 g/mol. The van der Waals surface area contributed by atoms with Gasteiger partial charge in [0.15, 0.2) is 0 Å². The van der Waals surface area contributed by atoms with Gasteiger partial charge < -0.3 is 34.6 Å². The molecule has 2 rings (SSSR count). The van der Waals surface area contributed by atoms with Crippen molar-refractivity contribution in [2.24, 2.45) is 5.92 Å². The maximum atomic E-state index is 12.0. The van der Waals surface area contributed by atoms with Crippen LogP contribution in [0.5, 0.6) is 5.75 Å². The third-order valence-electron chi connectivity index (χ3n) is 6.14. The summed E-state index contributed by atoms with van der Waals surface area (Å²) in [5.74, 6) is 0.985. The molecular formula is C26H42O8. The molecule has 8 heteroatoms. The first-order chi connectivity index (χ1) is 16.2. The van der Waals surface area contributed by atoms with E-state index < -0.39 is 37.3 Å². The highest BCUT2D eigenvalue weighted by Crippen LogP contribution is 2.27. The molecule has 8 nitrogen and oxygen atoms in total. The molecule has 0 aromatic heterocycles. The molecule has 5 atom stereocenters. The first kappa shape index (κ1) is 28.5. The first-order valence-electron chi connectivity index (χ1n) is 12.4. The van der Waals surface area contributed by atoms with Crippen LogP contribution in [0.1, 0.15) is 69.9 Å². The topological polar surface area (TPSA) is 126 Å². The number of unbranched alkanes of at least 4 members (excludes halogenated alkanes) is 4. The SMILES string of the molecule is Cc1cc(CCC(=O)OCCCCCCCC(C)C)ccc1OC1OC(CO)C(O)C(O)C1O. The van der Waals surface area contributed by atoms with Gasteiger partial charge in [0.05, 0.1) is 13.2 Å². The summed E-state index contributed by atoms with van der Waals surface area (Å²) in [6.07, 6.45) is 1.12. The minimum Gasteiger partial charge on any atom is -0.466 e. The van der Waals surface area contributed by atoms with E-state index in [-0.39, 0.29) is 5.97 Å². The second kappa shape index (κ2) is 14.6. The van der Waals surface area contributed by atoms with Gasteiger partial charge in [-0.2, -0.15) is 0 Å². The number of carbonyl (C=O) groups excluding carboxylic acids is 1. The van der Waals surface area contributed by atoms with Crippen LogP contribution >= 0.6 is 0 Å². The van der Waals surface area contributed by atoms with Gasteiger partial charge in [-0.3, -0.25) is 4.79 Å². The number of ether oxygens (including phenoxy) is 3. The summed E-state index contributed by atoms with van der Waals surface area (Å²) in [5.41, 5.74) is 1.71. The van der Waals surface area contributed by atoms with Crippen molar-refractivity contribution in [3.05, 3.63) is 29.3 Å². The molecule has 0 aliphatic carbocycles. The van der Waals surface area contributed by atoms with Crippen molar-refractivity contribution in [2.75, 3.05) is 13.2 Å². The average Bonchev–Trinajstić information content (AvgIpc) is 2.80. The smallest absolute Gasteiger partial charge is 0.306 e. The zero-order chi connectivity index (χ0) is 25.1. The number of hydrogen-bond acceptors (Lipinski definition) is 8. The van der Waals surface area contributed by atoms with E-state index in [2.05, 4.69) is 13.8 Å². The van der Waals surface area contributed by atoms with Crippen molar-refractivity contribution in [2.45, 2.75) is 103 Å². The highest BCUT2D eigenvalue weighted by Gasteiger charge is 2.44. The summed E-state index contributed by atoms with van der Waals surface area (Å²) in [7, 11) is 0. The highest BCUT2D eigenvalue weighted by molar-refractivity contribution is 5.69. The van der Waals surface area contributed by atoms with Gasteiger partial charge in [-0.05, 0) is 42.9 Å². The van der Waals surface area contributed by atoms with E-state index in [1.165, 1.54) is 25.7 Å². The second-order valence-corrected chi connectivity index (χ2v) is 9.59. The van der Waals surface area contributed by atoms with E-state index >= 15 is 0 Å². The summed E-state index contributed by atoms with van der Waals surface area (Å²) >= 11 is 0. The normalized spacial score (nSPS) is 24.9. The standard InChI is InChI=1S/C26H42O8/c1-17(2)9-7-5-4-6-8-14-32-22(28)13-11-19-10-12-20(18(3)15-19)33-26-25(31)24(30)23(29)21(16-27)34-26/h10,12,15,17,21,23-27,29-31H,4-9,11,13-14,16H2,1-3H3. The van der Waals surface area contributed by atoms with Crippen LogP contribution in [0.4, 0.5) is 0 Å². The lowest BCUT2D eigenvalue weighted by molar-refractivity contribution is -0.277. The Balaban J connectivity index is 1.71. The lowest BCUT2D eigenvalue weighted by Crippen LogP contribution is -2.60. The molecule has 34 heavy (non-hydrogen) atoms. The Bertz CT molecular complexity index is 736. The van der Waals surface area contributed by atoms with Crippen LogP contribution in [0.25, 0.3) is 0 Å². The number of hydrogen-bond donors (Lipinski definition) is 4. The molecule has 1 heterocycles. The minimum absolute atomic E-state index is 0.209. The number of aliphatic hydroxyl groups excluding tert-OH is 4. The zero-order valence-corrected chi connectivity index (χ0v) is 20.7. The quantitative estimate of drug-likeness (QED) is 0.236. The van der Waals surface area contributed by atoms with Crippen molar-refractivity contribution in [1.29, 1.82) is 0 Å². The van der Waals surface area contributed by atoms with Gasteiger partial charge in [0.1, 0.15) is 30.2 Å². The molecule has 1 aliphatic heterocycles. The molecule has 1 aromatic carbocycles. The Morgan fingerprint density at radius 1 is 1.03 bits per heavy atom. The third kappa shape index (κ3) is 9.15. The number of aryl methyl sites for hydroxylation is 2.